The number of phenols is 2. The maximum atomic E-state index is 12.6. The number of aromatic amines is 1. The Bertz CT molecular complexity index is 1180. The van der Waals surface area contributed by atoms with Gasteiger partial charge in [0.15, 0.2) is 17.3 Å². The molecule has 6 nitrogen and oxygen atoms in total. The fourth-order valence-corrected chi connectivity index (χ4v) is 4.78. The Morgan fingerprint density at radius 1 is 1.33 bits per heavy atom. The van der Waals surface area contributed by atoms with E-state index in [-0.39, 0.29) is 22.0 Å². The van der Waals surface area contributed by atoms with Crippen LogP contribution in [0.2, 0.25) is 5.02 Å². The molecule has 4 rings (SSSR count). The Kier molecular flexibility index (Phi) is 4.38. The average Bonchev–Trinajstić information content (AvgIpc) is 3.02. The number of aromatic nitrogens is 2. The van der Waals surface area contributed by atoms with Crippen LogP contribution in [0.15, 0.2) is 16.9 Å². The first-order valence-electron chi connectivity index (χ1n) is 8.36. The van der Waals surface area contributed by atoms with Gasteiger partial charge in [-0.15, -0.1) is 11.3 Å². The topological polar surface area (TPSA) is 110 Å². The van der Waals surface area contributed by atoms with Crippen molar-refractivity contribution >= 4 is 44.8 Å². The summed E-state index contributed by atoms with van der Waals surface area (Å²) in [5.41, 5.74) is 1.36. The Morgan fingerprint density at radius 3 is 2.85 bits per heavy atom. The first kappa shape index (κ1) is 17.6. The molecule has 0 fully saturated rings. The molecule has 0 saturated heterocycles. The summed E-state index contributed by atoms with van der Waals surface area (Å²) in [6.07, 6.45) is 5.46. The third kappa shape index (κ3) is 3.07. The number of H-pyrrole nitrogens is 1. The monoisotopic (exact) mass is 399 g/mol. The third-order valence-corrected chi connectivity index (χ3v) is 6.05. The summed E-state index contributed by atoms with van der Waals surface area (Å²) in [4.78, 5) is 21.7. The normalized spacial score (nSPS) is 14.1. The van der Waals surface area contributed by atoms with Crippen molar-refractivity contribution in [1.82, 2.24) is 9.97 Å². The highest BCUT2D eigenvalue weighted by molar-refractivity contribution is 7.18. The van der Waals surface area contributed by atoms with Gasteiger partial charge in [-0.25, -0.2) is 4.98 Å². The average molecular weight is 400 g/mol. The summed E-state index contributed by atoms with van der Waals surface area (Å²) in [6.45, 7) is 0. The Morgan fingerprint density at radius 2 is 2.11 bits per heavy atom. The minimum atomic E-state index is -0.426. The lowest BCUT2D eigenvalue weighted by atomic mass is 9.97. The summed E-state index contributed by atoms with van der Waals surface area (Å²) in [5.74, 6) is -0.657. The van der Waals surface area contributed by atoms with Gasteiger partial charge >= 0.3 is 0 Å². The number of nitrogens with one attached hydrogen (secondary N) is 1. The summed E-state index contributed by atoms with van der Waals surface area (Å²) in [5, 5.41) is 29.4. The number of phenolic OH excluding ortho intramolecular Hbond substituents is 2. The first-order valence-corrected chi connectivity index (χ1v) is 9.55. The lowest BCUT2D eigenvalue weighted by Crippen LogP contribution is -2.12. The van der Waals surface area contributed by atoms with Crippen LogP contribution in [0.5, 0.6) is 11.5 Å². The lowest BCUT2D eigenvalue weighted by Gasteiger charge is -2.09. The van der Waals surface area contributed by atoms with Crippen molar-refractivity contribution in [1.29, 1.82) is 5.26 Å². The van der Waals surface area contributed by atoms with E-state index in [1.54, 1.807) is 0 Å². The summed E-state index contributed by atoms with van der Waals surface area (Å²) < 4.78 is 0. The van der Waals surface area contributed by atoms with E-state index < -0.39 is 11.5 Å². The number of rotatable bonds is 2. The van der Waals surface area contributed by atoms with Crippen LogP contribution >= 0.6 is 22.9 Å². The van der Waals surface area contributed by atoms with Crippen molar-refractivity contribution in [2.45, 2.75) is 25.7 Å². The number of thiophene rings is 1. The van der Waals surface area contributed by atoms with Gasteiger partial charge in [-0.05, 0) is 55.0 Å². The lowest BCUT2D eigenvalue weighted by molar-refractivity contribution is 0.404. The van der Waals surface area contributed by atoms with Crippen LogP contribution in [-0.4, -0.2) is 20.2 Å². The number of nitrogens with zero attached hydrogens (tertiary/aromatic N) is 2. The van der Waals surface area contributed by atoms with Gasteiger partial charge in [-0.2, -0.15) is 5.26 Å². The van der Waals surface area contributed by atoms with E-state index >= 15 is 0 Å². The van der Waals surface area contributed by atoms with Gasteiger partial charge < -0.3 is 15.2 Å². The zero-order chi connectivity index (χ0) is 19.1. The fourth-order valence-electron chi connectivity index (χ4n) is 3.30. The molecule has 0 unspecified atom stereocenters. The number of fused-ring (bicyclic) bond motifs is 3. The van der Waals surface area contributed by atoms with Gasteiger partial charge in [0.05, 0.1) is 16.0 Å². The summed E-state index contributed by atoms with van der Waals surface area (Å²) >= 11 is 7.37. The molecule has 0 bridgehead atoms. The molecule has 8 heteroatoms. The zero-order valence-corrected chi connectivity index (χ0v) is 15.6. The smallest absolute Gasteiger partial charge is 0.260 e. The van der Waals surface area contributed by atoms with E-state index in [9.17, 15) is 20.3 Å². The number of halogens is 1. The maximum absolute atomic E-state index is 12.6. The number of aromatic hydroxyl groups is 2. The highest BCUT2D eigenvalue weighted by Crippen LogP contribution is 2.36. The molecule has 1 aliphatic rings. The first-order chi connectivity index (χ1) is 13.0. The van der Waals surface area contributed by atoms with Crippen LogP contribution in [0.3, 0.4) is 0 Å². The minimum absolute atomic E-state index is 0.0404. The number of hydrogen-bond acceptors (Lipinski definition) is 6. The van der Waals surface area contributed by atoms with Crippen molar-refractivity contribution in [3.63, 3.8) is 0 Å². The summed E-state index contributed by atoms with van der Waals surface area (Å²) in [7, 11) is 0. The fraction of sp³-hybridized carbons (Fsp3) is 0.211. The van der Waals surface area contributed by atoms with Crippen molar-refractivity contribution in [2.24, 2.45) is 0 Å². The molecule has 3 N–H and O–H groups in total. The van der Waals surface area contributed by atoms with Gasteiger partial charge in [0.25, 0.3) is 5.56 Å². The highest BCUT2D eigenvalue weighted by Gasteiger charge is 2.20. The van der Waals surface area contributed by atoms with Crippen molar-refractivity contribution in [3.05, 3.63) is 49.3 Å². The summed E-state index contributed by atoms with van der Waals surface area (Å²) in [6, 6.07) is 4.71. The SMILES string of the molecule is N#C/C(=C\c1cc(O)c(O)c(Cl)c1)c1nc2sc3c(c2c(=O)[nH]1)CCCC3. The predicted octanol–water partition coefficient (Wildman–Crippen LogP) is 3.99. The van der Waals surface area contributed by atoms with Crippen molar-refractivity contribution in [2.75, 3.05) is 0 Å². The number of hydrogen-bond donors (Lipinski definition) is 3. The standard InChI is InChI=1S/C19H14ClN3O3S/c20-12-6-9(7-13(24)16(12)25)5-10(8-21)17-22-18(26)15-11-3-1-2-4-14(11)27-19(15)23-17/h5-7,24-25H,1-4H2,(H,22,23,26)/b10-5+. The van der Waals surface area contributed by atoms with Crippen LogP contribution in [0.4, 0.5) is 0 Å². The van der Waals surface area contributed by atoms with E-state index in [1.165, 1.54) is 34.4 Å². The predicted molar refractivity (Wildman–Crippen MR) is 105 cm³/mol. The number of aryl methyl sites for hydroxylation is 2. The molecule has 136 valence electrons. The molecule has 2 heterocycles. The second kappa shape index (κ2) is 6.72. The van der Waals surface area contributed by atoms with E-state index in [4.69, 9.17) is 11.6 Å². The van der Waals surface area contributed by atoms with Crippen LogP contribution in [0, 0.1) is 11.3 Å². The van der Waals surface area contributed by atoms with Gasteiger partial charge in [-0.3, -0.25) is 4.79 Å². The number of nitriles is 1. The number of benzene rings is 1. The van der Waals surface area contributed by atoms with Crippen LogP contribution in [0.25, 0.3) is 21.9 Å². The van der Waals surface area contributed by atoms with Gasteiger partial charge in [-0.1, -0.05) is 11.6 Å². The molecular weight excluding hydrogens is 386 g/mol. The molecule has 27 heavy (non-hydrogen) atoms. The van der Waals surface area contributed by atoms with E-state index in [0.717, 1.165) is 31.2 Å². The van der Waals surface area contributed by atoms with Gasteiger partial charge in [0.1, 0.15) is 10.9 Å². The van der Waals surface area contributed by atoms with Crippen LogP contribution < -0.4 is 5.56 Å². The van der Waals surface area contributed by atoms with Crippen molar-refractivity contribution in [3.8, 4) is 17.6 Å². The molecule has 1 aliphatic carbocycles. The molecule has 0 amide bonds. The molecule has 3 aromatic rings. The molecule has 0 aliphatic heterocycles. The molecule has 0 saturated carbocycles. The second-order valence-corrected chi connectivity index (χ2v) is 7.84. The maximum Gasteiger partial charge on any atom is 0.260 e. The van der Waals surface area contributed by atoms with Crippen molar-refractivity contribution < 1.29 is 10.2 Å². The number of allylic oxidation sites excluding steroid dienone is 1. The second-order valence-electron chi connectivity index (χ2n) is 6.35. The molecule has 0 spiro atoms. The van der Waals surface area contributed by atoms with E-state index in [1.807, 2.05) is 6.07 Å². The minimum Gasteiger partial charge on any atom is -0.504 e. The van der Waals surface area contributed by atoms with Crippen LogP contribution in [-0.2, 0) is 12.8 Å². The van der Waals surface area contributed by atoms with Crippen LogP contribution in [0.1, 0.15) is 34.7 Å². The van der Waals surface area contributed by atoms with Gasteiger partial charge in [0, 0.05) is 4.88 Å². The van der Waals surface area contributed by atoms with E-state index in [2.05, 4.69) is 9.97 Å². The Balaban J connectivity index is 1.85. The molecular formula is C19H14ClN3O3S. The zero-order valence-electron chi connectivity index (χ0n) is 14.0. The molecule has 0 radical (unpaired) electrons. The molecule has 2 aromatic heterocycles. The largest absolute Gasteiger partial charge is 0.504 e. The molecule has 0 atom stereocenters. The Labute approximate surface area is 163 Å². The molecule has 1 aromatic carbocycles. The highest BCUT2D eigenvalue weighted by atomic mass is 35.5. The van der Waals surface area contributed by atoms with E-state index in [0.29, 0.717) is 15.8 Å². The Hall–Kier alpha value is -2.82. The third-order valence-electron chi connectivity index (χ3n) is 4.58. The van der Waals surface area contributed by atoms with Gasteiger partial charge in [0.2, 0.25) is 0 Å². The quantitative estimate of drug-likeness (QED) is 0.445.